The highest BCUT2D eigenvalue weighted by Crippen LogP contribution is 2.57. The minimum absolute atomic E-state index is 0.00485. The molecular formula is C105H95N29O13S. The molecule has 16 heterocycles. The number of aryl methyl sites for hydroxylation is 2. The van der Waals surface area contributed by atoms with E-state index in [9.17, 15) is 53.2 Å². The predicted octanol–water partition coefficient (Wildman–Crippen LogP) is 9.02. The number of amides is 10. The number of nitriles is 2. The van der Waals surface area contributed by atoms with E-state index < -0.39 is 72.3 Å². The maximum Gasteiger partial charge on any atom is 0.309 e. The molecule has 4 aromatic carbocycles. The number of aromatic nitrogens is 17. The number of nitrogens with zero attached hydrogens (tertiary/aromatic N) is 23. The van der Waals surface area contributed by atoms with E-state index in [0.29, 0.717) is 118 Å². The Bertz CT molecular complexity index is 7630. The van der Waals surface area contributed by atoms with Gasteiger partial charge in [-0.25, -0.2) is 34.9 Å². The van der Waals surface area contributed by atoms with Gasteiger partial charge in [0.15, 0.2) is 16.5 Å². The standard InChI is InChI=1S/C22H19N7O2.C22H19N5O2S.2C21H19N5O3.C19H19N7O3/c1-29-20-16(7-13(10-23)11-24-20)14-9-15(14)18(22(29)31)26-21(30)19-25-17(27-28-19)8-12-5-3-2-4-6-12;1-27-19-16(6-3-9-24-19)7-8-18(22(27)29)26-20(28)21-25-13-17(30-21)11-14-4-2-5-15(10-14)12-23;2*1-26-18-13(8-5-9-22-18)14-11-15(14)17(21(26)28)23-19(27)20-25-24-16(29-20)10-12-6-3-2-4-7-12;1-25-16-12(3-2-8-20-16)4-5-13(18(25)28)23-17(27)14-11-15(29-24-14)19(6-7-19)26-21-9-10-22-26/h2-7,11,14-15,18H,8-9H2,1H3,(H,26,30)(H,25,27,28);2-6,9-10,13,18H,7-8,11H2,1H3,(H,26,28);2*2-9,14-15,17H,10-11H2,1H3,(H,23,27);2-3,8-11,13H,4-7H2,1H3,(H,23,27)/t14-,15+,18+;18-;2*14-,15-,17-;13-/m10100/s1/i;;;;1D3. The lowest BCUT2D eigenvalue weighted by Crippen LogP contribution is -2.48. The van der Waals surface area contributed by atoms with Crippen molar-refractivity contribution >= 4 is 99.5 Å². The molecule has 4 saturated carbocycles. The zero-order valence-corrected chi connectivity index (χ0v) is 80.7. The Morgan fingerprint density at radius 2 is 0.932 bits per heavy atom. The third-order valence-electron chi connectivity index (χ3n) is 27.3. The molecule has 11 aromatic heterocycles. The van der Waals surface area contributed by atoms with E-state index in [2.05, 4.69) is 120 Å². The number of nitrogens with one attached hydrogen (secondary N) is 6. The van der Waals surface area contributed by atoms with Crippen molar-refractivity contribution in [3.05, 3.63) is 343 Å². The molecule has 24 rings (SSSR count). The zero-order valence-electron chi connectivity index (χ0n) is 82.9. The molecule has 4 aliphatic carbocycles. The molecule has 6 N–H and O–H groups in total. The molecule has 148 heavy (non-hydrogen) atoms. The number of hydrogen-bond donors (Lipinski definition) is 6. The van der Waals surface area contributed by atoms with Gasteiger partial charge in [0.05, 0.1) is 42.4 Å². The Balaban J connectivity index is 0.000000114. The fourth-order valence-electron chi connectivity index (χ4n) is 19.2. The number of thiazole rings is 1. The van der Waals surface area contributed by atoms with E-state index >= 15 is 0 Å². The molecule has 4 fully saturated rings. The van der Waals surface area contributed by atoms with Crippen LogP contribution in [0.2, 0.25) is 0 Å². The Morgan fingerprint density at radius 3 is 1.46 bits per heavy atom. The normalized spacial score (nSPS) is 20.8. The average molecular weight is 2010 g/mol. The Labute approximate surface area is 852 Å². The van der Waals surface area contributed by atoms with Crippen molar-refractivity contribution in [2.75, 3.05) is 59.7 Å². The van der Waals surface area contributed by atoms with Crippen molar-refractivity contribution in [3.63, 3.8) is 0 Å². The SMILES string of the molecule is CN1C(=O)[C@@H](NC(=O)c2n[nH]c(Cc3ccccc3)n2)[C@H]2C[C@H]2c2cc(C#N)cnc21.CN1C(=O)[C@@H](NC(=O)c2ncc(Cc3cccc(C#N)c3)s2)CCc2cccnc21.CN1C(=O)[C@@H](NC(=O)c2nnc(Cc3ccccc3)o2)[C@H]2C[C@H]2c2cccnc21.CN1C(=O)[C@H](NC(=O)c2nnc(Cc3ccccc3)o2)[C@@H]2C[C@@H]2c2cccnc21.[2H]C([2H])([2H])N1C(=O)[C@@H](NC(=O)c2cc(C3(n4nccn4)CC3)on2)CCc2cccnc21. The van der Waals surface area contributed by atoms with Crippen LogP contribution in [0.25, 0.3) is 0 Å². The molecule has 15 aromatic rings. The van der Waals surface area contributed by atoms with Gasteiger partial charge >= 0.3 is 23.6 Å². The summed E-state index contributed by atoms with van der Waals surface area (Å²) in [5.74, 6) is 0.492. The van der Waals surface area contributed by atoms with Crippen molar-refractivity contribution < 1.29 is 65.4 Å². The summed E-state index contributed by atoms with van der Waals surface area (Å²) >= 11 is 1.29. The van der Waals surface area contributed by atoms with Crippen molar-refractivity contribution in [3.8, 4) is 12.1 Å². The van der Waals surface area contributed by atoms with Crippen LogP contribution in [0.4, 0.5) is 29.1 Å². The molecule has 0 radical (unpaired) electrons. The summed E-state index contributed by atoms with van der Waals surface area (Å²) in [5, 5.41) is 67.0. The number of aromatic amines is 1. The van der Waals surface area contributed by atoms with E-state index in [1.54, 1.807) is 89.6 Å². The zero-order chi connectivity index (χ0) is 105. The highest BCUT2D eigenvalue weighted by molar-refractivity contribution is 7.13. The van der Waals surface area contributed by atoms with E-state index in [1.165, 1.54) is 54.2 Å². The predicted molar refractivity (Wildman–Crippen MR) is 530 cm³/mol. The number of pyridine rings is 5. The number of benzene rings is 4. The summed E-state index contributed by atoms with van der Waals surface area (Å²) in [6.45, 7) is -2.75. The summed E-state index contributed by atoms with van der Waals surface area (Å²) in [4.78, 5) is 168. The second-order valence-corrected chi connectivity index (χ2v) is 38.1. The summed E-state index contributed by atoms with van der Waals surface area (Å²) in [6.07, 6.45) is 20.4. The van der Waals surface area contributed by atoms with Gasteiger partial charge in [-0.15, -0.1) is 36.8 Å². The van der Waals surface area contributed by atoms with Crippen LogP contribution in [-0.2, 0) is 68.0 Å². The maximum atomic E-state index is 13.1. The van der Waals surface area contributed by atoms with Gasteiger partial charge in [-0.2, -0.15) is 25.5 Å². The second-order valence-electron chi connectivity index (χ2n) is 37.0. The van der Waals surface area contributed by atoms with Gasteiger partial charge in [0.25, 0.3) is 35.4 Å². The average Bonchev–Trinajstić information content (AvgIpc) is 1.59. The topological polar surface area (TPSA) is 548 Å². The third-order valence-corrected chi connectivity index (χ3v) is 28.3. The van der Waals surface area contributed by atoms with Gasteiger partial charge < -0.3 is 39.9 Å². The number of anilines is 5. The number of likely N-dealkylation sites (N-methyl/N-ethyl adjacent to an activating group) is 5. The summed E-state index contributed by atoms with van der Waals surface area (Å²) in [5.41, 5.74) is 9.13. The smallest absolute Gasteiger partial charge is 0.309 e. The van der Waals surface area contributed by atoms with Crippen molar-refractivity contribution in [1.82, 2.24) is 112 Å². The molecule has 744 valence electrons. The van der Waals surface area contributed by atoms with Gasteiger partial charge in [-0.3, -0.25) is 77.5 Å². The molecule has 43 heteroatoms. The van der Waals surface area contributed by atoms with E-state index in [1.807, 2.05) is 146 Å². The number of carbonyl (C=O) groups is 10. The minimum Gasteiger partial charge on any atom is -0.417 e. The minimum atomic E-state index is -2.75. The molecule has 0 saturated heterocycles. The van der Waals surface area contributed by atoms with Crippen LogP contribution in [0, 0.1) is 40.4 Å². The quantitative estimate of drug-likeness (QED) is 0.0414. The Hall–Kier alpha value is -18.3. The van der Waals surface area contributed by atoms with Gasteiger partial charge in [-0.1, -0.05) is 133 Å². The molecule has 9 aliphatic rings. The number of fused-ring (bicyclic) bond motifs is 11. The first-order chi connectivity index (χ1) is 73.1. The lowest BCUT2D eigenvalue weighted by atomic mass is 10.1. The molecule has 0 bridgehead atoms. The van der Waals surface area contributed by atoms with Crippen LogP contribution in [0.1, 0.15) is 209 Å². The molecule has 0 unspecified atom stereocenters. The number of carbonyl (C=O) groups excluding carboxylic acids is 10. The molecular weight excluding hydrogens is 1910 g/mol. The number of rotatable bonds is 20. The van der Waals surface area contributed by atoms with Gasteiger partial charge in [-0.05, 0) is 186 Å². The van der Waals surface area contributed by atoms with Gasteiger partial charge in [0.2, 0.25) is 29.4 Å². The molecule has 11 atom stereocenters. The van der Waals surface area contributed by atoms with Crippen LogP contribution in [0.5, 0.6) is 0 Å². The maximum absolute atomic E-state index is 13.1. The van der Waals surface area contributed by atoms with Crippen LogP contribution in [0.3, 0.4) is 0 Å². The van der Waals surface area contributed by atoms with Crippen LogP contribution < -0.4 is 51.1 Å². The largest absolute Gasteiger partial charge is 0.417 e. The summed E-state index contributed by atoms with van der Waals surface area (Å²) < 4.78 is 39.9. The van der Waals surface area contributed by atoms with E-state index in [4.69, 9.17) is 22.7 Å². The first kappa shape index (κ1) is 93.4. The fourth-order valence-corrected chi connectivity index (χ4v) is 20.0. The number of hydrogen-bond acceptors (Lipinski definition) is 31. The van der Waals surface area contributed by atoms with Crippen molar-refractivity contribution in [2.24, 2.45) is 17.8 Å². The molecule has 42 nitrogen and oxygen atoms in total. The fraction of sp³-hybridized carbons (Fsp3) is 0.286. The molecule has 10 amide bonds. The van der Waals surface area contributed by atoms with Gasteiger partial charge in [0.1, 0.15) is 76.7 Å². The first-order valence-corrected chi connectivity index (χ1v) is 48.6. The lowest BCUT2D eigenvalue weighted by molar-refractivity contribution is -0.121. The van der Waals surface area contributed by atoms with Crippen molar-refractivity contribution in [2.45, 2.75) is 137 Å². The monoisotopic (exact) mass is 2000 g/mol. The molecule has 5 aliphatic heterocycles. The third kappa shape index (κ3) is 20.8. The van der Waals surface area contributed by atoms with Crippen LogP contribution >= 0.6 is 11.3 Å². The summed E-state index contributed by atoms with van der Waals surface area (Å²) in [7, 11) is 6.68. The van der Waals surface area contributed by atoms with Crippen LogP contribution in [-0.4, -0.2) is 210 Å². The van der Waals surface area contributed by atoms with Crippen LogP contribution in [0.15, 0.2) is 239 Å². The number of H-pyrrole nitrogens is 1. The van der Waals surface area contributed by atoms with Crippen molar-refractivity contribution in [1.29, 1.82) is 10.5 Å². The van der Waals surface area contributed by atoms with E-state index in [-0.39, 0.29) is 101 Å². The van der Waals surface area contributed by atoms with E-state index in [0.717, 1.165) is 81.5 Å². The first-order valence-electron chi connectivity index (χ1n) is 49.2. The second kappa shape index (κ2) is 41.9. The lowest BCUT2D eigenvalue weighted by Gasteiger charge is -2.22. The Kier molecular flexibility index (Phi) is 26.5. The Morgan fingerprint density at radius 1 is 0.459 bits per heavy atom. The highest BCUT2D eigenvalue weighted by Gasteiger charge is 2.57. The highest BCUT2D eigenvalue weighted by atomic mass is 32.1. The molecule has 0 spiro atoms. The summed E-state index contributed by atoms with van der Waals surface area (Å²) in [6, 6.07) is 55.2. The van der Waals surface area contributed by atoms with Gasteiger partial charge in [0, 0.05) is 100 Å².